The number of halogens is 3. The van der Waals surface area contributed by atoms with Crippen LogP contribution in [0.4, 0.5) is 13.2 Å². The Morgan fingerprint density at radius 2 is 1.82 bits per heavy atom. The van der Waals surface area contributed by atoms with Gasteiger partial charge in [-0.3, -0.25) is 9.59 Å². The summed E-state index contributed by atoms with van der Waals surface area (Å²) in [6, 6.07) is 5.69. The molecule has 0 radical (unpaired) electrons. The van der Waals surface area contributed by atoms with Gasteiger partial charge in [0.1, 0.15) is 6.04 Å². The van der Waals surface area contributed by atoms with Crippen molar-refractivity contribution in [3.05, 3.63) is 35.9 Å². The van der Waals surface area contributed by atoms with E-state index in [1.807, 2.05) is 5.32 Å². The molecule has 7 heteroatoms. The van der Waals surface area contributed by atoms with Gasteiger partial charge in [-0.1, -0.05) is 25.6 Å². The molecule has 0 aliphatic rings. The van der Waals surface area contributed by atoms with Crippen LogP contribution in [0, 0.1) is 0 Å². The zero-order chi connectivity index (χ0) is 15.9. The molecule has 0 heterocycles. The highest BCUT2D eigenvalue weighted by Gasteiger charge is 2.40. The number of ether oxygens (including phenoxy) is 1. The summed E-state index contributed by atoms with van der Waals surface area (Å²) in [7, 11) is 0. The average molecular weight is 319 g/mol. The Hall–Kier alpha value is -2.05. The van der Waals surface area contributed by atoms with Crippen LogP contribution in [0.5, 0.6) is 0 Å². The summed E-state index contributed by atoms with van der Waals surface area (Å²) in [4.78, 5) is 22.3. The Morgan fingerprint density at radius 1 is 1.23 bits per heavy atom. The molecule has 0 bridgehead atoms. The van der Waals surface area contributed by atoms with Crippen molar-refractivity contribution >= 4 is 11.9 Å². The van der Waals surface area contributed by atoms with E-state index in [2.05, 4.69) is 4.74 Å². The molecule has 0 spiro atoms. The van der Waals surface area contributed by atoms with Crippen LogP contribution in [0.3, 0.4) is 0 Å². The standard InChI is InChI=1S/C14H16F3NO3.CH4/c1-10(19)21-9-5-8-12(14(15,16)17)18-13(20)11-6-3-2-4-7-11;/h2-4,6-7,12H,5,8-9H2,1H3,(H,18,20);1H4. The first kappa shape index (κ1) is 19.9. The third-order valence-electron chi connectivity index (χ3n) is 2.68. The molecule has 1 atom stereocenters. The van der Waals surface area contributed by atoms with E-state index in [0.717, 1.165) is 0 Å². The Kier molecular flexibility index (Phi) is 8.22. The van der Waals surface area contributed by atoms with Crippen LogP contribution in [0.15, 0.2) is 30.3 Å². The first-order valence-electron chi connectivity index (χ1n) is 6.36. The van der Waals surface area contributed by atoms with Crippen molar-refractivity contribution in [2.24, 2.45) is 0 Å². The van der Waals surface area contributed by atoms with Gasteiger partial charge in [-0.25, -0.2) is 0 Å². The predicted molar refractivity (Wildman–Crippen MR) is 76.3 cm³/mol. The van der Waals surface area contributed by atoms with Crippen molar-refractivity contribution in [1.29, 1.82) is 0 Å². The van der Waals surface area contributed by atoms with E-state index in [1.54, 1.807) is 18.2 Å². The highest BCUT2D eigenvalue weighted by atomic mass is 19.4. The van der Waals surface area contributed by atoms with E-state index < -0.39 is 24.1 Å². The summed E-state index contributed by atoms with van der Waals surface area (Å²) >= 11 is 0. The van der Waals surface area contributed by atoms with E-state index in [1.165, 1.54) is 19.1 Å². The number of rotatable bonds is 6. The third-order valence-corrected chi connectivity index (χ3v) is 2.68. The third kappa shape index (κ3) is 7.10. The number of carbonyl (C=O) groups excluding carboxylic acids is 2. The number of alkyl halides is 3. The highest BCUT2D eigenvalue weighted by molar-refractivity contribution is 5.94. The smallest absolute Gasteiger partial charge is 0.408 e. The molecule has 1 N–H and O–H groups in total. The molecule has 0 saturated carbocycles. The van der Waals surface area contributed by atoms with Crippen LogP contribution >= 0.6 is 0 Å². The molecule has 0 aromatic heterocycles. The molecule has 0 fully saturated rings. The summed E-state index contributed by atoms with van der Waals surface area (Å²) in [6.07, 6.45) is -4.89. The lowest BCUT2D eigenvalue weighted by Crippen LogP contribution is -2.45. The van der Waals surface area contributed by atoms with Gasteiger partial charge in [-0.2, -0.15) is 13.2 Å². The number of hydrogen-bond acceptors (Lipinski definition) is 3. The summed E-state index contributed by atoms with van der Waals surface area (Å²) in [6.45, 7) is 1.07. The van der Waals surface area contributed by atoms with Gasteiger partial charge in [0.15, 0.2) is 0 Å². The molecule has 124 valence electrons. The Bertz CT molecular complexity index is 475. The van der Waals surface area contributed by atoms with Gasteiger partial charge in [0.05, 0.1) is 6.61 Å². The minimum Gasteiger partial charge on any atom is -0.466 e. The number of esters is 1. The van der Waals surface area contributed by atoms with Gasteiger partial charge in [0.2, 0.25) is 0 Å². The number of benzene rings is 1. The zero-order valence-electron chi connectivity index (χ0n) is 11.4. The fraction of sp³-hybridized carbons (Fsp3) is 0.467. The minimum absolute atomic E-state index is 0. The number of nitrogens with one attached hydrogen (secondary N) is 1. The lowest BCUT2D eigenvalue weighted by Gasteiger charge is -2.21. The fourth-order valence-corrected chi connectivity index (χ4v) is 1.65. The lowest BCUT2D eigenvalue weighted by atomic mass is 10.1. The van der Waals surface area contributed by atoms with Gasteiger partial charge in [-0.15, -0.1) is 0 Å². The largest absolute Gasteiger partial charge is 0.466 e. The van der Waals surface area contributed by atoms with Gasteiger partial charge in [-0.05, 0) is 25.0 Å². The van der Waals surface area contributed by atoms with E-state index in [4.69, 9.17) is 0 Å². The van der Waals surface area contributed by atoms with Crippen molar-refractivity contribution in [2.75, 3.05) is 6.61 Å². The molecule has 1 amide bonds. The van der Waals surface area contributed by atoms with Crippen molar-refractivity contribution < 1.29 is 27.5 Å². The quantitative estimate of drug-likeness (QED) is 0.646. The molecule has 0 aliphatic carbocycles. The van der Waals surface area contributed by atoms with Crippen LogP contribution in [0.25, 0.3) is 0 Å². The topological polar surface area (TPSA) is 55.4 Å². The van der Waals surface area contributed by atoms with E-state index in [-0.39, 0.29) is 32.4 Å². The van der Waals surface area contributed by atoms with E-state index in [0.29, 0.717) is 0 Å². The van der Waals surface area contributed by atoms with Crippen molar-refractivity contribution in [3.8, 4) is 0 Å². The molecule has 1 aromatic carbocycles. The maximum atomic E-state index is 12.9. The molecule has 22 heavy (non-hydrogen) atoms. The van der Waals surface area contributed by atoms with Crippen LogP contribution in [-0.4, -0.2) is 30.7 Å². The molecule has 0 saturated heterocycles. The van der Waals surface area contributed by atoms with Crippen molar-refractivity contribution in [1.82, 2.24) is 5.32 Å². The second-order valence-corrected chi connectivity index (χ2v) is 4.42. The Labute approximate surface area is 127 Å². The Balaban J connectivity index is 0.00000441. The van der Waals surface area contributed by atoms with E-state index >= 15 is 0 Å². The van der Waals surface area contributed by atoms with Crippen LogP contribution in [0.1, 0.15) is 37.6 Å². The first-order valence-corrected chi connectivity index (χ1v) is 6.36. The van der Waals surface area contributed by atoms with Gasteiger partial charge < -0.3 is 10.1 Å². The highest BCUT2D eigenvalue weighted by Crippen LogP contribution is 2.24. The molecule has 4 nitrogen and oxygen atoms in total. The summed E-state index contributed by atoms with van der Waals surface area (Å²) in [5.41, 5.74) is 0.159. The molecule has 1 aromatic rings. The number of hydrogen-bond donors (Lipinski definition) is 1. The van der Waals surface area contributed by atoms with Gasteiger partial charge in [0.25, 0.3) is 5.91 Å². The summed E-state index contributed by atoms with van der Waals surface area (Å²) < 4.78 is 43.2. The predicted octanol–water partition coefficient (Wildman–Crippen LogP) is 3.33. The zero-order valence-corrected chi connectivity index (χ0v) is 11.4. The lowest BCUT2D eigenvalue weighted by molar-refractivity contribution is -0.156. The van der Waals surface area contributed by atoms with Gasteiger partial charge >= 0.3 is 12.1 Å². The Morgan fingerprint density at radius 3 is 2.32 bits per heavy atom. The maximum Gasteiger partial charge on any atom is 0.408 e. The van der Waals surface area contributed by atoms with Crippen molar-refractivity contribution in [3.63, 3.8) is 0 Å². The second-order valence-electron chi connectivity index (χ2n) is 4.42. The van der Waals surface area contributed by atoms with Crippen LogP contribution in [0.2, 0.25) is 0 Å². The molecule has 1 unspecified atom stereocenters. The van der Waals surface area contributed by atoms with Crippen LogP contribution in [-0.2, 0) is 9.53 Å². The molecular weight excluding hydrogens is 299 g/mol. The SMILES string of the molecule is C.CC(=O)OCCCC(NC(=O)c1ccccc1)C(F)(F)F. The summed E-state index contributed by atoms with van der Waals surface area (Å²) in [5.74, 6) is -1.34. The second kappa shape index (κ2) is 9.07. The van der Waals surface area contributed by atoms with Crippen molar-refractivity contribution in [2.45, 2.75) is 39.4 Å². The molecule has 0 aliphatic heterocycles. The van der Waals surface area contributed by atoms with Gasteiger partial charge in [0, 0.05) is 12.5 Å². The monoisotopic (exact) mass is 319 g/mol. The average Bonchev–Trinajstić information content (AvgIpc) is 2.41. The number of amides is 1. The van der Waals surface area contributed by atoms with E-state index in [9.17, 15) is 22.8 Å². The van der Waals surface area contributed by atoms with Crippen LogP contribution < -0.4 is 5.32 Å². The molecular formula is C15H20F3NO3. The molecule has 1 rings (SSSR count). The number of carbonyl (C=O) groups is 2. The summed E-state index contributed by atoms with van der Waals surface area (Å²) in [5, 5.41) is 1.96. The maximum absolute atomic E-state index is 12.9. The fourth-order valence-electron chi connectivity index (χ4n) is 1.65. The first-order chi connectivity index (χ1) is 9.80. The minimum atomic E-state index is -4.55. The normalized spacial score (nSPS) is 12.0.